The van der Waals surface area contributed by atoms with E-state index in [2.05, 4.69) is 20.8 Å². The molecule has 0 N–H and O–H groups in total. The van der Waals surface area contributed by atoms with Crippen LogP contribution in [0.15, 0.2) is 0 Å². The van der Waals surface area contributed by atoms with Crippen LogP contribution in [0.1, 0.15) is 33.6 Å². The molecular formula is C7H16OSi. The van der Waals surface area contributed by atoms with Crippen LogP contribution in [-0.2, 0) is 4.43 Å². The lowest BCUT2D eigenvalue weighted by molar-refractivity contribution is 0.255. The molecule has 0 fully saturated rings. The zero-order chi connectivity index (χ0) is 7.11. The van der Waals surface area contributed by atoms with Crippen molar-refractivity contribution in [1.82, 2.24) is 0 Å². The molecule has 1 nitrogen and oxygen atoms in total. The molecule has 54 valence electrons. The Kier molecular flexibility index (Phi) is 6.42. The Morgan fingerprint density at radius 1 is 1.44 bits per heavy atom. The highest BCUT2D eigenvalue weighted by atomic mass is 28.2. The van der Waals surface area contributed by atoms with Crippen molar-refractivity contribution in [3.8, 4) is 0 Å². The number of hydrogen-bond acceptors (Lipinski definition) is 1. The number of hydrogen-bond donors (Lipinski definition) is 0. The van der Waals surface area contributed by atoms with Crippen molar-refractivity contribution in [3.05, 3.63) is 0 Å². The normalized spacial score (nSPS) is 10.7. The highest BCUT2D eigenvalue weighted by Crippen LogP contribution is 1.95. The van der Waals surface area contributed by atoms with Crippen LogP contribution in [0, 0.1) is 0 Å². The van der Waals surface area contributed by atoms with Gasteiger partial charge in [-0.1, -0.05) is 19.8 Å². The molecule has 0 aliphatic rings. The fourth-order valence-electron chi connectivity index (χ4n) is 0.475. The Morgan fingerprint density at radius 2 is 2.11 bits per heavy atom. The minimum absolute atomic E-state index is 0.417. The smallest absolute Gasteiger partial charge is 0.230 e. The van der Waals surface area contributed by atoms with Crippen molar-refractivity contribution in [3.63, 3.8) is 0 Å². The van der Waals surface area contributed by atoms with Crippen molar-refractivity contribution in [2.75, 3.05) is 0 Å². The van der Waals surface area contributed by atoms with E-state index < -0.39 is 0 Å². The largest absolute Gasteiger partial charge is 0.415 e. The average Bonchev–Trinajstić information content (AvgIpc) is 1.80. The quantitative estimate of drug-likeness (QED) is 0.425. The Hall–Kier alpha value is 0.177. The van der Waals surface area contributed by atoms with Gasteiger partial charge in [0.2, 0.25) is 9.76 Å². The van der Waals surface area contributed by atoms with E-state index in [-0.39, 0.29) is 0 Å². The van der Waals surface area contributed by atoms with Gasteiger partial charge in [0.05, 0.1) is 0 Å². The maximum atomic E-state index is 5.37. The third-order valence-electron chi connectivity index (χ3n) is 0.951. The fraction of sp³-hybridized carbons (Fsp3) is 1.00. The maximum Gasteiger partial charge on any atom is 0.230 e. The molecule has 2 heteroatoms. The fourth-order valence-corrected chi connectivity index (χ4v) is 1.42. The molecule has 0 saturated carbocycles. The molecule has 0 aromatic heterocycles. The SMILES string of the molecule is CCCC[Si]OC(C)C. The molecule has 0 amide bonds. The summed E-state index contributed by atoms with van der Waals surface area (Å²) >= 11 is 0. The van der Waals surface area contributed by atoms with Crippen LogP contribution in [0.5, 0.6) is 0 Å². The van der Waals surface area contributed by atoms with Gasteiger partial charge in [-0.25, -0.2) is 0 Å². The monoisotopic (exact) mass is 144 g/mol. The van der Waals surface area contributed by atoms with Crippen LogP contribution >= 0.6 is 0 Å². The van der Waals surface area contributed by atoms with Crippen LogP contribution in [0.3, 0.4) is 0 Å². The first-order valence-electron chi connectivity index (χ1n) is 3.66. The molecule has 0 atom stereocenters. The van der Waals surface area contributed by atoms with Crippen LogP contribution < -0.4 is 0 Å². The van der Waals surface area contributed by atoms with Crippen LogP contribution in [0.4, 0.5) is 0 Å². The zero-order valence-corrected chi connectivity index (χ0v) is 7.61. The van der Waals surface area contributed by atoms with E-state index in [1.165, 1.54) is 18.9 Å². The zero-order valence-electron chi connectivity index (χ0n) is 6.61. The van der Waals surface area contributed by atoms with E-state index in [9.17, 15) is 0 Å². The van der Waals surface area contributed by atoms with Gasteiger partial charge >= 0.3 is 0 Å². The molecule has 0 saturated heterocycles. The van der Waals surface area contributed by atoms with Crippen molar-refractivity contribution in [2.45, 2.75) is 45.8 Å². The van der Waals surface area contributed by atoms with Gasteiger partial charge in [0.25, 0.3) is 0 Å². The second-order valence-corrected chi connectivity index (χ2v) is 3.44. The summed E-state index contributed by atoms with van der Waals surface area (Å²) in [6, 6.07) is 1.24. The first kappa shape index (κ1) is 9.18. The second-order valence-electron chi connectivity index (χ2n) is 2.41. The Bertz CT molecular complexity index is 54.9. The van der Waals surface area contributed by atoms with Crippen LogP contribution in [-0.4, -0.2) is 15.9 Å². The van der Waals surface area contributed by atoms with E-state index in [4.69, 9.17) is 4.43 Å². The Labute approximate surface area is 60.7 Å². The highest BCUT2D eigenvalue weighted by molar-refractivity contribution is 6.27. The Morgan fingerprint density at radius 3 is 2.56 bits per heavy atom. The van der Waals surface area contributed by atoms with Gasteiger partial charge < -0.3 is 4.43 Å². The lowest BCUT2D eigenvalue weighted by Gasteiger charge is -2.03. The van der Waals surface area contributed by atoms with E-state index in [1.807, 2.05) is 0 Å². The predicted octanol–water partition coefficient (Wildman–Crippen LogP) is 2.25. The highest BCUT2D eigenvalue weighted by Gasteiger charge is 1.93. The van der Waals surface area contributed by atoms with Gasteiger partial charge in [0, 0.05) is 6.10 Å². The van der Waals surface area contributed by atoms with E-state index >= 15 is 0 Å². The van der Waals surface area contributed by atoms with Crippen LogP contribution in [0.25, 0.3) is 0 Å². The second kappa shape index (κ2) is 6.30. The molecule has 9 heavy (non-hydrogen) atoms. The summed E-state index contributed by atoms with van der Waals surface area (Å²) in [6.07, 6.45) is 3.01. The molecule has 0 aliphatic heterocycles. The van der Waals surface area contributed by atoms with E-state index in [0.29, 0.717) is 6.10 Å². The molecule has 0 aromatic rings. The Balaban J connectivity index is 2.75. The molecule has 0 aliphatic carbocycles. The van der Waals surface area contributed by atoms with Gasteiger partial charge in [-0.15, -0.1) is 0 Å². The van der Waals surface area contributed by atoms with Gasteiger partial charge in [0.15, 0.2) is 0 Å². The molecule has 0 aromatic carbocycles. The molecule has 0 rings (SSSR count). The van der Waals surface area contributed by atoms with Crippen molar-refractivity contribution in [1.29, 1.82) is 0 Å². The summed E-state index contributed by atoms with van der Waals surface area (Å²) in [4.78, 5) is 0. The standard InChI is InChI=1S/C7H16OSi/c1-4-5-6-9-8-7(2)3/h7H,4-6H2,1-3H3. The number of rotatable bonds is 5. The van der Waals surface area contributed by atoms with Crippen LogP contribution in [0.2, 0.25) is 6.04 Å². The topological polar surface area (TPSA) is 9.23 Å². The third-order valence-corrected chi connectivity index (χ3v) is 2.15. The summed E-state index contributed by atoms with van der Waals surface area (Å²) in [6.45, 7) is 6.37. The maximum absolute atomic E-state index is 5.37. The van der Waals surface area contributed by atoms with Gasteiger partial charge in [-0.3, -0.25) is 0 Å². The lowest BCUT2D eigenvalue weighted by Crippen LogP contribution is -2.06. The van der Waals surface area contributed by atoms with Gasteiger partial charge in [0.1, 0.15) is 0 Å². The van der Waals surface area contributed by atoms with Crippen molar-refractivity contribution >= 4 is 9.76 Å². The molecule has 0 spiro atoms. The first-order chi connectivity index (χ1) is 4.27. The molecule has 0 unspecified atom stereocenters. The number of unbranched alkanes of at least 4 members (excludes halogenated alkanes) is 1. The van der Waals surface area contributed by atoms with E-state index in [0.717, 1.165) is 9.76 Å². The average molecular weight is 144 g/mol. The minimum Gasteiger partial charge on any atom is -0.415 e. The van der Waals surface area contributed by atoms with Crippen molar-refractivity contribution < 1.29 is 4.43 Å². The summed E-state index contributed by atoms with van der Waals surface area (Å²) in [7, 11) is 0.719. The third kappa shape index (κ3) is 8.18. The first-order valence-corrected chi connectivity index (χ1v) is 4.77. The van der Waals surface area contributed by atoms with Crippen molar-refractivity contribution in [2.24, 2.45) is 0 Å². The summed E-state index contributed by atoms with van der Waals surface area (Å²) < 4.78 is 5.37. The summed E-state index contributed by atoms with van der Waals surface area (Å²) in [5.41, 5.74) is 0. The summed E-state index contributed by atoms with van der Waals surface area (Å²) in [5, 5.41) is 0. The molecule has 0 bridgehead atoms. The molecule has 0 heterocycles. The van der Waals surface area contributed by atoms with Gasteiger partial charge in [-0.2, -0.15) is 0 Å². The van der Waals surface area contributed by atoms with E-state index in [1.54, 1.807) is 0 Å². The lowest BCUT2D eigenvalue weighted by atomic mass is 10.4. The minimum atomic E-state index is 0.417. The molecule has 2 radical (unpaired) electrons. The molecular weight excluding hydrogens is 128 g/mol. The predicted molar refractivity (Wildman–Crippen MR) is 41.7 cm³/mol. The summed E-state index contributed by atoms with van der Waals surface area (Å²) in [5.74, 6) is 0. The van der Waals surface area contributed by atoms with Gasteiger partial charge in [-0.05, 0) is 19.9 Å².